The zero-order valence-corrected chi connectivity index (χ0v) is 9.53. The molecule has 0 N–H and O–H groups in total. The van der Waals surface area contributed by atoms with Gasteiger partial charge >= 0.3 is 6.36 Å². The van der Waals surface area contributed by atoms with E-state index in [-0.39, 0.29) is 10.9 Å². The van der Waals surface area contributed by atoms with Gasteiger partial charge in [-0.15, -0.1) is 13.2 Å². The fourth-order valence-electron chi connectivity index (χ4n) is 1.33. The molecule has 1 aromatic carbocycles. The van der Waals surface area contributed by atoms with E-state index < -0.39 is 6.36 Å². The van der Waals surface area contributed by atoms with Gasteiger partial charge in [0.1, 0.15) is 11.4 Å². The molecule has 0 aliphatic carbocycles. The molecule has 1 aromatic heterocycles. The monoisotopic (exact) mass is 274 g/mol. The summed E-state index contributed by atoms with van der Waals surface area (Å²) in [6.07, 6.45) is -1.83. The van der Waals surface area contributed by atoms with Crippen LogP contribution in [0.25, 0.3) is 11.3 Å². The van der Waals surface area contributed by atoms with Crippen LogP contribution in [0, 0.1) is 0 Å². The second-order valence-corrected chi connectivity index (χ2v) is 3.63. The van der Waals surface area contributed by atoms with Gasteiger partial charge in [-0.3, -0.25) is 4.98 Å². The summed E-state index contributed by atoms with van der Waals surface area (Å²) < 4.78 is 39.6. The van der Waals surface area contributed by atoms with E-state index in [2.05, 4.69) is 14.7 Å². The molecule has 18 heavy (non-hydrogen) atoms. The number of hydrogen-bond acceptors (Lipinski definition) is 3. The molecule has 0 saturated carbocycles. The molecule has 0 aliphatic rings. The fraction of sp³-hybridized carbons (Fsp3) is 0.0909. The van der Waals surface area contributed by atoms with Gasteiger partial charge in [0.05, 0.1) is 0 Å². The van der Waals surface area contributed by atoms with Gasteiger partial charge < -0.3 is 4.74 Å². The van der Waals surface area contributed by atoms with Gasteiger partial charge in [-0.2, -0.15) is 0 Å². The van der Waals surface area contributed by atoms with Gasteiger partial charge in [0.2, 0.25) is 0 Å². The van der Waals surface area contributed by atoms with E-state index in [1.54, 1.807) is 0 Å². The number of rotatable bonds is 2. The van der Waals surface area contributed by atoms with Crippen LogP contribution < -0.4 is 4.74 Å². The minimum absolute atomic E-state index is 0.182. The Bertz CT molecular complexity index is 543. The van der Waals surface area contributed by atoms with E-state index in [9.17, 15) is 13.2 Å². The summed E-state index contributed by atoms with van der Waals surface area (Å²) in [5.74, 6) is -0.300. The molecule has 0 aliphatic heterocycles. The van der Waals surface area contributed by atoms with Crippen LogP contribution in [0.5, 0.6) is 5.75 Å². The van der Waals surface area contributed by atoms with E-state index in [1.807, 2.05) is 0 Å². The molecule has 3 nitrogen and oxygen atoms in total. The van der Waals surface area contributed by atoms with Gasteiger partial charge in [-0.05, 0) is 24.3 Å². The predicted octanol–water partition coefficient (Wildman–Crippen LogP) is 3.70. The minimum atomic E-state index is -4.70. The van der Waals surface area contributed by atoms with Crippen molar-refractivity contribution in [2.45, 2.75) is 6.36 Å². The van der Waals surface area contributed by atoms with Crippen LogP contribution in [-0.2, 0) is 0 Å². The third kappa shape index (κ3) is 3.10. The van der Waals surface area contributed by atoms with Crippen LogP contribution in [-0.4, -0.2) is 16.3 Å². The average molecular weight is 275 g/mol. The Hall–Kier alpha value is -1.82. The smallest absolute Gasteiger partial charge is 0.406 e. The highest BCUT2D eigenvalue weighted by atomic mass is 35.5. The first kappa shape index (κ1) is 12.6. The summed E-state index contributed by atoms with van der Waals surface area (Å²) in [6.45, 7) is 0. The lowest BCUT2D eigenvalue weighted by atomic mass is 10.1. The Kier molecular flexibility index (Phi) is 3.38. The maximum atomic E-state index is 12.0. The maximum Gasteiger partial charge on any atom is 0.573 e. The molecule has 0 saturated heterocycles. The molecule has 0 bridgehead atoms. The zero-order valence-electron chi connectivity index (χ0n) is 8.78. The van der Waals surface area contributed by atoms with Crippen molar-refractivity contribution < 1.29 is 17.9 Å². The molecule has 0 unspecified atom stereocenters. The van der Waals surface area contributed by atoms with Crippen LogP contribution in [0.15, 0.2) is 36.7 Å². The fourth-order valence-corrected chi connectivity index (χ4v) is 1.54. The largest absolute Gasteiger partial charge is 0.573 e. The third-order valence-corrected chi connectivity index (χ3v) is 2.29. The van der Waals surface area contributed by atoms with Crippen molar-refractivity contribution in [2.24, 2.45) is 0 Å². The summed E-state index contributed by atoms with van der Waals surface area (Å²) in [6, 6.07) is 5.23. The molecule has 94 valence electrons. The molecule has 1 heterocycles. The van der Waals surface area contributed by atoms with Crippen molar-refractivity contribution in [3.63, 3.8) is 0 Å². The molecule has 0 spiro atoms. The van der Waals surface area contributed by atoms with E-state index in [1.165, 1.54) is 36.7 Å². The topological polar surface area (TPSA) is 35.0 Å². The molecule has 0 fully saturated rings. The quantitative estimate of drug-likeness (QED) is 0.837. The second-order valence-electron chi connectivity index (χ2n) is 3.27. The Labute approximate surface area is 105 Å². The van der Waals surface area contributed by atoms with Crippen molar-refractivity contribution >= 4 is 11.6 Å². The van der Waals surface area contributed by atoms with Crippen molar-refractivity contribution in [1.82, 2.24) is 9.97 Å². The molecular weight excluding hydrogens is 269 g/mol. The standard InChI is InChI=1S/C11H6ClF3N2O/c12-10-9(16-5-6-17-10)7-1-3-8(4-2-7)18-11(13,14)15/h1-6H. The number of nitrogens with zero attached hydrogens (tertiary/aromatic N) is 2. The van der Waals surface area contributed by atoms with E-state index >= 15 is 0 Å². The lowest BCUT2D eigenvalue weighted by molar-refractivity contribution is -0.274. The lowest BCUT2D eigenvalue weighted by Gasteiger charge is -2.09. The van der Waals surface area contributed by atoms with E-state index in [0.717, 1.165) is 0 Å². The van der Waals surface area contributed by atoms with Crippen LogP contribution in [0.1, 0.15) is 0 Å². The highest BCUT2D eigenvalue weighted by Gasteiger charge is 2.30. The average Bonchev–Trinajstić information content (AvgIpc) is 2.29. The van der Waals surface area contributed by atoms with Crippen LogP contribution in [0.3, 0.4) is 0 Å². The highest BCUT2D eigenvalue weighted by molar-refractivity contribution is 6.31. The van der Waals surface area contributed by atoms with Gasteiger partial charge in [0, 0.05) is 18.0 Å². The molecule has 0 radical (unpaired) electrons. The van der Waals surface area contributed by atoms with E-state index in [0.29, 0.717) is 11.3 Å². The first-order valence-electron chi connectivity index (χ1n) is 4.78. The first-order valence-corrected chi connectivity index (χ1v) is 5.16. The normalized spacial score (nSPS) is 11.3. The Morgan fingerprint density at radius 2 is 1.61 bits per heavy atom. The molecule has 2 aromatic rings. The molecule has 0 atom stereocenters. The van der Waals surface area contributed by atoms with Gasteiger partial charge in [-0.1, -0.05) is 11.6 Å². The van der Waals surface area contributed by atoms with Crippen LogP contribution >= 0.6 is 11.6 Å². The Morgan fingerprint density at radius 1 is 1.00 bits per heavy atom. The van der Waals surface area contributed by atoms with Crippen LogP contribution in [0.2, 0.25) is 5.15 Å². The number of aromatic nitrogens is 2. The van der Waals surface area contributed by atoms with Crippen molar-refractivity contribution in [2.75, 3.05) is 0 Å². The number of benzene rings is 1. The zero-order chi connectivity index (χ0) is 13.2. The minimum Gasteiger partial charge on any atom is -0.406 e. The SMILES string of the molecule is FC(F)(F)Oc1ccc(-c2nccnc2Cl)cc1. The summed E-state index contributed by atoms with van der Waals surface area (Å²) in [5, 5.41) is 0.182. The summed E-state index contributed by atoms with van der Waals surface area (Å²) >= 11 is 5.82. The first-order chi connectivity index (χ1) is 8.46. The molecule has 0 amide bonds. The van der Waals surface area contributed by atoms with Crippen molar-refractivity contribution in [3.05, 3.63) is 41.8 Å². The van der Waals surface area contributed by atoms with E-state index in [4.69, 9.17) is 11.6 Å². The van der Waals surface area contributed by atoms with Crippen LogP contribution in [0.4, 0.5) is 13.2 Å². The summed E-state index contributed by atoms with van der Waals surface area (Å²) in [4.78, 5) is 7.82. The molecule has 7 heteroatoms. The Balaban J connectivity index is 2.26. The molecular formula is C11H6ClF3N2O. The number of hydrogen-bond donors (Lipinski definition) is 0. The summed E-state index contributed by atoms with van der Waals surface area (Å²) in [7, 11) is 0. The number of ether oxygens (including phenoxy) is 1. The third-order valence-electron chi connectivity index (χ3n) is 2.01. The highest BCUT2D eigenvalue weighted by Crippen LogP contribution is 2.27. The number of alkyl halides is 3. The Morgan fingerprint density at radius 3 is 2.17 bits per heavy atom. The lowest BCUT2D eigenvalue weighted by Crippen LogP contribution is -2.16. The summed E-state index contributed by atoms with van der Waals surface area (Å²) in [5.41, 5.74) is 0.959. The maximum absolute atomic E-state index is 12.0. The number of halogens is 4. The second kappa shape index (κ2) is 4.81. The van der Waals surface area contributed by atoms with Crippen molar-refractivity contribution in [3.8, 4) is 17.0 Å². The van der Waals surface area contributed by atoms with Crippen molar-refractivity contribution in [1.29, 1.82) is 0 Å². The van der Waals surface area contributed by atoms with Gasteiger partial charge in [0.15, 0.2) is 5.15 Å². The molecule has 2 rings (SSSR count). The van der Waals surface area contributed by atoms with Gasteiger partial charge in [0.25, 0.3) is 0 Å². The predicted molar refractivity (Wildman–Crippen MR) is 59.2 cm³/mol. The van der Waals surface area contributed by atoms with Gasteiger partial charge in [-0.25, -0.2) is 4.98 Å².